The molecule has 1 rings (SSSR count). The minimum absolute atomic E-state index is 0.0533. The summed E-state index contributed by atoms with van der Waals surface area (Å²) in [6, 6.07) is 5.38. The SMILES string of the molecule is CO/N=C(\Cc1ccc(C)c(Cl)c1)C(=O)O. The van der Waals surface area contributed by atoms with Gasteiger partial charge in [0.05, 0.1) is 0 Å². The van der Waals surface area contributed by atoms with Crippen molar-refractivity contribution in [2.45, 2.75) is 13.3 Å². The predicted octanol–water partition coefficient (Wildman–Crippen LogP) is 2.28. The normalized spacial score (nSPS) is 11.3. The van der Waals surface area contributed by atoms with Crippen molar-refractivity contribution in [3.8, 4) is 0 Å². The zero-order valence-electron chi connectivity index (χ0n) is 9.03. The van der Waals surface area contributed by atoms with Gasteiger partial charge in [0, 0.05) is 11.4 Å². The first kappa shape index (κ1) is 12.5. The lowest BCUT2D eigenvalue weighted by atomic mass is 10.1. The number of oxime groups is 1. The van der Waals surface area contributed by atoms with E-state index in [1.54, 1.807) is 6.07 Å². The van der Waals surface area contributed by atoms with E-state index in [-0.39, 0.29) is 12.1 Å². The predicted molar refractivity (Wildman–Crippen MR) is 62.0 cm³/mol. The molecule has 0 heterocycles. The van der Waals surface area contributed by atoms with Gasteiger partial charge in [-0.05, 0) is 24.1 Å². The Morgan fingerprint density at radius 1 is 1.56 bits per heavy atom. The van der Waals surface area contributed by atoms with Gasteiger partial charge < -0.3 is 9.94 Å². The summed E-state index contributed by atoms with van der Waals surface area (Å²) < 4.78 is 0. The molecule has 0 amide bonds. The average Bonchev–Trinajstić information content (AvgIpc) is 2.22. The van der Waals surface area contributed by atoms with E-state index in [1.165, 1.54) is 7.11 Å². The topological polar surface area (TPSA) is 58.9 Å². The lowest BCUT2D eigenvalue weighted by Gasteiger charge is -2.03. The van der Waals surface area contributed by atoms with Crippen molar-refractivity contribution in [3.05, 3.63) is 34.3 Å². The molecule has 0 atom stereocenters. The Balaban J connectivity index is 2.90. The Kier molecular flexibility index (Phi) is 4.31. The minimum Gasteiger partial charge on any atom is -0.477 e. The summed E-state index contributed by atoms with van der Waals surface area (Å²) in [6.07, 6.45) is 0.184. The highest BCUT2D eigenvalue weighted by atomic mass is 35.5. The molecule has 0 aliphatic carbocycles. The van der Waals surface area contributed by atoms with Crippen molar-refractivity contribution < 1.29 is 14.7 Å². The summed E-state index contributed by atoms with van der Waals surface area (Å²) in [5.74, 6) is -1.10. The van der Waals surface area contributed by atoms with Crippen molar-refractivity contribution in [1.82, 2.24) is 0 Å². The van der Waals surface area contributed by atoms with Gasteiger partial charge in [-0.25, -0.2) is 4.79 Å². The monoisotopic (exact) mass is 241 g/mol. The van der Waals surface area contributed by atoms with Gasteiger partial charge >= 0.3 is 5.97 Å². The van der Waals surface area contributed by atoms with Gasteiger partial charge in [-0.1, -0.05) is 28.9 Å². The maximum absolute atomic E-state index is 10.8. The Bertz CT molecular complexity index is 429. The molecule has 0 saturated carbocycles. The van der Waals surface area contributed by atoms with Crippen LogP contribution in [-0.2, 0) is 16.1 Å². The van der Waals surface area contributed by atoms with Gasteiger partial charge in [0.15, 0.2) is 5.71 Å². The van der Waals surface area contributed by atoms with Crippen molar-refractivity contribution in [2.24, 2.45) is 5.16 Å². The molecule has 0 bridgehead atoms. The van der Waals surface area contributed by atoms with Crippen LogP contribution in [-0.4, -0.2) is 23.9 Å². The lowest BCUT2D eigenvalue weighted by Crippen LogP contribution is -2.16. The summed E-state index contributed by atoms with van der Waals surface area (Å²) in [6.45, 7) is 1.88. The number of hydrogen-bond donors (Lipinski definition) is 1. The second-order valence-electron chi connectivity index (χ2n) is 3.29. The van der Waals surface area contributed by atoms with Crippen molar-refractivity contribution in [2.75, 3.05) is 7.11 Å². The van der Waals surface area contributed by atoms with E-state index in [9.17, 15) is 4.79 Å². The van der Waals surface area contributed by atoms with Gasteiger partial charge in [-0.15, -0.1) is 0 Å². The Labute approximate surface area is 98.5 Å². The van der Waals surface area contributed by atoms with Crippen LogP contribution >= 0.6 is 11.6 Å². The highest BCUT2D eigenvalue weighted by Gasteiger charge is 2.11. The minimum atomic E-state index is -1.10. The number of nitrogens with zero attached hydrogens (tertiary/aromatic N) is 1. The second kappa shape index (κ2) is 5.51. The van der Waals surface area contributed by atoms with Crippen LogP contribution in [0.4, 0.5) is 0 Å². The molecule has 86 valence electrons. The molecule has 16 heavy (non-hydrogen) atoms. The molecule has 0 spiro atoms. The number of carboxylic acids is 1. The smallest absolute Gasteiger partial charge is 0.354 e. The van der Waals surface area contributed by atoms with Crippen molar-refractivity contribution in [1.29, 1.82) is 0 Å². The maximum Gasteiger partial charge on any atom is 0.354 e. The summed E-state index contributed by atoms with van der Waals surface area (Å²) in [5.41, 5.74) is 1.68. The molecule has 1 N–H and O–H groups in total. The lowest BCUT2D eigenvalue weighted by molar-refractivity contribution is -0.129. The summed E-state index contributed by atoms with van der Waals surface area (Å²) >= 11 is 5.94. The van der Waals surface area contributed by atoms with Crippen LogP contribution in [0, 0.1) is 6.92 Å². The molecule has 1 aromatic carbocycles. The van der Waals surface area contributed by atoms with Gasteiger partial charge in [0.25, 0.3) is 0 Å². The standard InChI is InChI=1S/C11H12ClNO3/c1-7-3-4-8(5-9(7)12)6-10(11(14)15)13-16-2/h3-5H,6H2,1-2H3,(H,14,15)/b13-10+. The highest BCUT2D eigenvalue weighted by Crippen LogP contribution is 2.17. The molecule has 0 unspecified atom stereocenters. The maximum atomic E-state index is 10.8. The zero-order valence-corrected chi connectivity index (χ0v) is 9.78. The first-order valence-corrected chi connectivity index (χ1v) is 5.00. The third kappa shape index (κ3) is 3.24. The van der Waals surface area contributed by atoms with Crippen LogP contribution in [0.3, 0.4) is 0 Å². The Morgan fingerprint density at radius 2 is 2.25 bits per heavy atom. The van der Waals surface area contributed by atoms with Crippen LogP contribution in [0.25, 0.3) is 0 Å². The fraction of sp³-hybridized carbons (Fsp3) is 0.273. The first-order chi connectivity index (χ1) is 7.54. The highest BCUT2D eigenvalue weighted by molar-refractivity contribution is 6.36. The Morgan fingerprint density at radius 3 is 2.75 bits per heavy atom. The molecule has 0 aliphatic rings. The first-order valence-electron chi connectivity index (χ1n) is 4.63. The second-order valence-corrected chi connectivity index (χ2v) is 3.69. The van der Waals surface area contributed by atoms with Gasteiger partial charge in [-0.3, -0.25) is 0 Å². The van der Waals surface area contributed by atoms with Gasteiger partial charge in [-0.2, -0.15) is 0 Å². The molecule has 0 fully saturated rings. The number of carbonyl (C=O) groups is 1. The molecule has 1 aromatic rings. The Hall–Kier alpha value is -1.55. The average molecular weight is 242 g/mol. The van der Waals surface area contributed by atoms with Crippen LogP contribution < -0.4 is 0 Å². The van der Waals surface area contributed by atoms with E-state index >= 15 is 0 Å². The number of carboxylic acid groups (broad SMARTS) is 1. The molecular weight excluding hydrogens is 230 g/mol. The van der Waals surface area contributed by atoms with E-state index in [1.807, 2.05) is 19.1 Å². The summed E-state index contributed by atoms with van der Waals surface area (Å²) in [7, 11) is 1.31. The molecule has 0 aromatic heterocycles. The van der Waals surface area contributed by atoms with Crippen LogP contribution in [0.2, 0.25) is 5.02 Å². The number of benzene rings is 1. The number of aryl methyl sites for hydroxylation is 1. The van der Waals surface area contributed by atoms with Crippen molar-refractivity contribution in [3.63, 3.8) is 0 Å². The van der Waals surface area contributed by atoms with E-state index in [0.29, 0.717) is 5.02 Å². The van der Waals surface area contributed by atoms with Gasteiger partial charge in [0.2, 0.25) is 0 Å². The third-order valence-electron chi connectivity index (χ3n) is 2.06. The van der Waals surface area contributed by atoms with E-state index < -0.39 is 5.97 Å². The van der Waals surface area contributed by atoms with Crippen LogP contribution in [0.1, 0.15) is 11.1 Å². The number of halogens is 1. The third-order valence-corrected chi connectivity index (χ3v) is 2.46. The fourth-order valence-corrected chi connectivity index (χ4v) is 1.40. The largest absolute Gasteiger partial charge is 0.477 e. The molecular formula is C11H12ClNO3. The summed E-state index contributed by atoms with van der Waals surface area (Å²) in [5, 5.41) is 12.9. The quantitative estimate of drug-likeness (QED) is 0.650. The van der Waals surface area contributed by atoms with E-state index in [4.69, 9.17) is 16.7 Å². The van der Waals surface area contributed by atoms with Crippen LogP contribution in [0.5, 0.6) is 0 Å². The molecule has 0 saturated heterocycles. The molecule has 0 aliphatic heterocycles. The number of rotatable bonds is 4. The molecule has 5 heteroatoms. The van der Waals surface area contributed by atoms with E-state index in [0.717, 1.165) is 11.1 Å². The number of hydrogen-bond acceptors (Lipinski definition) is 3. The van der Waals surface area contributed by atoms with E-state index in [2.05, 4.69) is 9.99 Å². The van der Waals surface area contributed by atoms with Crippen LogP contribution in [0.15, 0.2) is 23.4 Å². The summed E-state index contributed by atoms with van der Waals surface area (Å²) in [4.78, 5) is 15.3. The van der Waals surface area contributed by atoms with Crippen molar-refractivity contribution >= 4 is 23.3 Å². The fourth-order valence-electron chi connectivity index (χ4n) is 1.20. The molecule has 0 radical (unpaired) electrons. The van der Waals surface area contributed by atoms with Gasteiger partial charge in [0.1, 0.15) is 7.11 Å². The number of aliphatic carboxylic acids is 1. The zero-order chi connectivity index (χ0) is 12.1. The molecule has 4 nitrogen and oxygen atoms in total.